The van der Waals surface area contributed by atoms with Crippen molar-refractivity contribution in [3.63, 3.8) is 0 Å². The number of para-hydroxylation sites is 1. The van der Waals surface area contributed by atoms with Crippen molar-refractivity contribution in [3.05, 3.63) is 54.2 Å². The molecule has 1 aliphatic heterocycles. The number of hydrogen-bond donors (Lipinski definition) is 2. The summed E-state index contributed by atoms with van der Waals surface area (Å²) >= 11 is 0. The summed E-state index contributed by atoms with van der Waals surface area (Å²) in [6, 6.07) is 14.8. The van der Waals surface area contributed by atoms with Gasteiger partial charge in [-0.15, -0.1) is 24.0 Å². The van der Waals surface area contributed by atoms with Crippen molar-refractivity contribution in [2.24, 2.45) is 4.99 Å². The van der Waals surface area contributed by atoms with Crippen molar-refractivity contribution in [1.82, 2.24) is 15.6 Å². The van der Waals surface area contributed by atoms with Gasteiger partial charge < -0.3 is 25.0 Å². The molecule has 164 valence electrons. The summed E-state index contributed by atoms with van der Waals surface area (Å²) in [5.41, 5.74) is 2.23. The van der Waals surface area contributed by atoms with Gasteiger partial charge in [0.2, 0.25) is 5.88 Å². The van der Waals surface area contributed by atoms with Crippen molar-refractivity contribution in [1.29, 1.82) is 0 Å². The van der Waals surface area contributed by atoms with E-state index >= 15 is 0 Å². The molecule has 0 amide bonds. The summed E-state index contributed by atoms with van der Waals surface area (Å²) < 4.78 is 10.8. The SMILES string of the molecule is CCNC(=NCc1cccnc1OCCOC)NC1CCN(c2ccccc2)C1.I. The Morgan fingerprint density at radius 2 is 2.03 bits per heavy atom. The number of methoxy groups -OCH3 is 1. The molecular weight excluding hydrogens is 493 g/mol. The Labute approximate surface area is 196 Å². The Bertz CT molecular complexity index is 775. The van der Waals surface area contributed by atoms with Gasteiger partial charge >= 0.3 is 0 Å². The second-order valence-corrected chi connectivity index (χ2v) is 6.92. The van der Waals surface area contributed by atoms with E-state index < -0.39 is 0 Å². The molecule has 1 aromatic heterocycles. The summed E-state index contributed by atoms with van der Waals surface area (Å²) in [5, 5.41) is 6.92. The lowest BCUT2D eigenvalue weighted by molar-refractivity contribution is 0.143. The molecule has 0 bridgehead atoms. The number of ether oxygens (including phenoxy) is 2. The van der Waals surface area contributed by atoms with Gasteiger partial charge in [0.15, 0.2) is 5.96 Å². The largest absolute Gasteiger partial charge is 0.475 e. The van der Waals surface area contributed by atoms with Gasteiger partial charge in [0.1, 0.15) is 6.61 Å². The van der Waals surface area contributed by atoms with Crippen LogP contribution in [0.25, 0.3) is 0 Å². The molecule has 7 nitrogen and oxygen atoms in total. The Kier molecular flexibility index (Phi) is 10.7. The highest BCUT2D eigenvalue weighted by Crippen LogP contribution is 2.20. The van der Waals surface area contributed by atoms with E-state index in [1.807, 2.05) is 12.1 Å². The van der Waals surface area contributed by atoms with Crippen molar-refractivity contribution >= 4 is 35.6 Å². The first-order valence-corrected chi connectivity index (χ1v) is 10.2. The number of anilines is 1. The second kappa shape index (κ2) is 13.3. The molecule has 0 spiro atoms. The summed E-state index contributed by atoms with van der Waals surface area (Å²) in [4.78, 5) is 11.5. The van der Waals surface area contributed by atoms with E-state index in [0.717, 1.165) is 37.6 Å². The van der Waals surface area contributed by atoms with Crippen molar-refractivity contribution in [2.45, 2.75) is 25.9 Å². The average Bonchev–Trinajstić information content (AvgIpc) is 3.22. The van der Waals surface area contributed by atoms with Crippen molar-refractivity contribution in [3.8, 4) is 5.88 Å². The van der Waals surface area contributed by atoms with Crippen LogP contribution in [0.4, 0.5) is 5.69 Å². The fourth-order valence-corrected chi connectivity index (χ4v) is 3.33. The molecule has 1 aliphatic rings. The average molecular weight is 525 g/mol. The molecule has 0 saturated carbocycles. The van der Waals surface area contributed by atoms with Crippen molar-refractivity contribution in [2.75, 3.05) is 44.9 Å². The van der Waals surface area contributed by atoms with Crippen LogP contribution in [-0.2, 0) is 11.3 Å². The predicted octanol–water partition coefficient (Wildman–Crippen LogP) is 3.06. The molecule has 3 rings (SSSR count). The lowest BCUT2D eigenvalue weighted by Crippen LogP contribution is -2.44. The van der Waals surface area contributed by atoms with E-state index in [2.05, 4.69) is 57.8 Å². The molecule has 30 heavy (non-hydrogen) atoms. The summed E-state index contributed by atoms with van der Waals surface area (Å²) in [6.45, 7) is 6.40. The number of aliphatic imine (C=N–C) groups is 1. The minimum absolute atomic E-state index is 0. The first-order valence-electron chi connectivity index (χ1n) is 10.2. The maximum Gasteiger partial charge on any atom is 0.218 e. The number of benzene rings is 1. The molecule has 1 saturated heterocycles. The van der Waals surface area contributed by atoms with Crippen LogP contribution < -0.4 is 20.3 Å². The molecule has 0 radical (unpaired) electrons. The van der Waals surface area contributed by atoms with E-state index in [9.17, 15) is 0 Å². The highest BCUT2D eigenvalue weighted by atomic mass is 127. The van der Waals surface area contributed by atoms with Crippen LogP contribution in [0.15, 0.2) is 53.7 Å². The van der Waals surface area contributed by atoms with Crippen LogP contribution in [0.2, 0.25) is 0 Å². The third kappa shape index (κ3) is 7.32. The van der Waals surface area contributed by atoms with E-state index in [4.69, 9.17) is 14.5 Å². The second-order valence-electron chi connectivity index (χ2n) is 6.92. The van der Waals surface area contributed by atoms with Gasteiger partial charge in [-0.25, -0.2) is 9.98 Å². The number of aromatic nitrogens is 1. The van der Waals surface area contributed by atoms with Crippen LogP contribution in [0, 0.1) is 0 Å². The zero-order valence-electron chi connectivity index (χ0n) is 17.7. The predicted molar refractivity (Wildman–Crippen MR) is 132 cm³/mol. The Balaban J connectivity index is 0.00000320. The zero-order valence-corrected chi connectivity index (χ0v) is 20.0. The van der Waals surface area contributed by atoms with Crippen LogP contribution in [0.5, 0.6) is 5.88 Å². The minimum Gasteiger partial charge on any atom is -0.475 e. The van der Waals surface area contributed by atoms with Crippen molar-refractivity contribution < 1.29 is 9.47 Å². The standard InChI is InChI=1S/C22H31N5O2.HI/c1-3-23-22(25-16-18-8-7-12-24-21(18)29-15-14-28-2)26-19-11-13-27(17-19)20-9-5-4-6-10-20;/h4-10,12,19H,3,11,13-17H2,1-2H3,(H2,23,25,26);1H. The van der Waals surface area contributed by atoms with E-state index in [0.29, 0.717) is 31.7 Å². The number of hydrogen-bond acceptors (Lipinski definition) is 5. The van der Waals surface area contributed by atoms with Gasteiger partial charge in [-0.05, 0) is 31.5 Å². The van der Waals surface area contributed by atoms with Gasteiger partial charge in [-0.3, -0.25) is 0 Å². The quantitative estimate of drug-likeness (QED) is 0.227. The molecule has 1 fully saturated rings. The van der Waals surface area contributed by atoms with Crippen LogP contribution in [0.1, 0.15) is 18.9 Å². The Morgan fingerprint density at radius 1 is 1.20 bits per heavy atom. The molecule has 8 heteroatoms. The van der Waals surface area contributed by atoms with Gasteiger partial charge in [-0.2, -0.15) is 0 Å². The monoisotopic (exact) mass is 525 g/mol. The molecule has 2 aromatic rings. The highest BCUT2D eigenvalue weighted by Gasteiger charge is 2.23. The van der Waals surface area contributed by atoms with Gasteiger partial charge in [0.05, 0.1) is 13.2 Å². The van der Waals surface area contributed by atoms with Gasteiger partial charge in [0.25, 0.3) is 0 Å². The fourth-order valence-electron chi connectivity index (χ4n) is 3.33. The first kappa shape index (κ1) is 24.2. The number of guanidine groups is 1. The third-order valence-electron chi connectivity index (χ3n) is 4.78. The van der Waals surface area contributed by atoms with Gasteiger partial charge in [0, 0.05) is 50.2 Å². The number of pyridine rings is 1. The smallest absolute Gasteiger partial charge is 0.218 e. The van der Waals surface area contributed by atoms with E-state index in [-0.39, 0.29) is 24.0 Å². The number of rotatable bonds is 9. The number of nitrogens with zero attached hydrogens (tertiary/aromatic N) is 3. The van der Waals surface area contributed by atoms with E-state index in [1.165, 1.54) is 5.69 Å². The number of halogens is 1. The zero-order chi connectivity index (χ0) is 20.3. The molecule has 1 aromatic carbocycles. The minimum atomic E-state index is 0. The third-order valence-corrected chi connectivity index (χ3v) is 4.78. The first-order chi connectivity index (χ1) is 14.3. The van der Waals surface area contributed by atoms with Crippen LogP contribution in [0.3, 0.4) is 0 Å². The molecule has 2 heterocycles. The molecule has 1 atom stereocenters. The lowest BCUT2D eigenvalue weighted by Gasteiger charge is -2.20. The molecular formula is C22H32IN5O2. The highest BCUT2D eigenvalue weighted by molar-refractivity contribution is 14.0. The Morgan fingerprint density at radius 3 is 2.80 bits per heavy atom. The van der Waals surface area contributed by atoms with Gasteiger partial charge in [-0.1, -0.05) is 24.3 Å². The normalized spacial score (nSPS) is 16.1. The lowest BCUT2D eigenvalue weighted by atomic mass is 10.2. The fraction of sp³-hybridized carbons (Fsp3) is 0.455. The summed E-state index contributed by atoms with van der Waals surface area (Å²) in [6.07, 6.45) is 2.81. The Hall–Kier alpha value is -2.07. The molecule has 1 unspecified atom stereocenters. The topological polar surface area (TPSA) is 71.0 Å². The molecule has 0 aliphatic carbocycles. The summed E-state index contributed by atoms with van der Waals surface area (Å²) in [5.74, 6) is 1.43. The summed E-state index contributed by atoms with van der Waals surface area (Å²) in [7, 11) is 1.66. The van der Waals surface area contributed by atoms with Crippen LogP contribution >= 0.6 is 24.0 Å². The maximum atomic E-state index is 5.71. The number of nitrogens with one attached hydrogen (secondary N) is 2. The molecule has 2 N–H and O–H groups in total. The van der Waals surface area contributed by atoms with Crippen LogP contribution in [-0.4, -0.2) is 56.9 Å². The maximum absolute atomic E-state index is 5.71. The van der Waals surface area contributed by atoms with E-state index in [1.54, 1.807) is 13.3 Å².